The number of rotatable bonds is 6. The van der Waals surface area contributed by atoms with E-state index in [4.69, 9.17) is 0 Å². The minimum Gasteiger partial charge on any atom is -1.00 e. The number of halogens is 5. The van der Waals surface area contributed by atoms with Crippen molar-refractivity contribution in [2.45, 2.75) is 0 Å². The molecule has 0 aliphatic rings. The van der Waals surface area contributed by atoms with Gasteiger partial charge in [0.2, 0.25) is 0 Å². The number of amides is 2. The van der Waals surface area contributed by atoms with E-state index in [0.29, 0.717) is 29.0 Å². The van der Waals surface area contributed by atoms with Crippen molar-refractivity contribution in [3.63, 3.8) is 0 Å². The Kier molecular flexibility index (Phi) is 16.7. The molecule has 4 aromatic rings. The first-order valence-electron chi connectivity index (χ1n) is 11.5. The van der Waals surface area contributed by atoms with Crippen molar-refractivity contribution in [2.24, 2.45) is 10.2 Å². The molecule has 0 saturated carbocycles. The van der Waals surface area contributed by atoms with Crippen LogP contribution in [0.1, 0.15) is 31.8 Å². The second-order valence-corrected chi connectivity index (χ2v) is 11.6. The third kappa shape index (κ3) is 11.2. The molecular weight excluding hydrogens is 899 g/mol. The van der Waals surface area contributed by atoms with E-state index in [1.165, 1.54) is 36.7 Å². The number of nitrogens with one attached hydrogen (secondary N) is 2. The van der Waals surface area contributed by atoms with Crippen molar-refractivity contribution in [3.05, 3.63) is 113 Å². The number of carbonyl (C=O) groups excluding carboxylic acids is 2. The Balaban J connectivity index is 0.000000421. The molecule has 0 fully saturated rings. The molecule has 0 heterocycles. The fourth-order valence-corrected chi connectivity index (χ4v) is 5.64. The van der Waals surface area contributed by atoms with Crippen LogP contribution in [0.4, 0.5) is 0 Å². The largest absolute Gasteiger partial charge is 3.00 e. The van der Waals surface area contributed by atoms with Crippen LogP contribution >= 0.6 is 63.7 Å². The maximum atomic E-state index is 11.8. The molecule has 4 aromatic carbocycles. The molecule has 2 amide bonds. The normalized spacial score (nSPS) is 10.3. The zero-order valence-electron chi connectivity index (χ0n) is 21.7. The number of hydrogen-bond acceptors (Lipinski definition) is 8. The first-order valence-corrected chi connectivity index (χ1v) is 14.7. The summed E-state index contributed by atoms with van der Waals surface area (Å²) in [6.45, 7) is 0. The van der Waals surface area contributed by atoms with Gasteiger partial charge in [-0.05, 0) is 59.7 Å². The predicted octanol–water partition coefficient (Wildman–Crippen LogP) is 2.51. The number of hydrogen-bond donors (Lipinski definition) is 4. The minimum atomic E-state index is -0.564. The zero-order valence-corrected chi connectivity index (χ0v) is 30.0. The number of aromatic hydroxyl groups is 2. The van der Waals surface area contributed by atoms with Gasteiger partial charge in [0.1, 0.15) is 11.5 Å². The fourth-order valence-electron chi connectivity index (χ4n) is 3.12. The Labute approximate surface area is 302 Å². The third-order valence-electron chi connectivity index (χ3n) is 5.11. The Bertz CT molecular complexity index is 1570. The van der Waals surface area contributed by atoms with E-state index in [1.54, 1.807) is 48.5 Å². The van der Waals surface area contributed by atoms with E-state index in [9.17, 15) is 30.0 Å². The molecule has 1 radical (unpaired) electrons. The Morgan fingerprint density at radius 1 is 0.659 bits per heavy atom. The van der Waals surface area contributed by atoms with Crippen molar-refractivity contribution in [3.8, 4) is 23.0 Å². The third-order valence-corrected chi connectivity index (χ3v) is 7.20. The van der Waals surface area contributed by atoms with E-state index in [0.717, 1.165) is 0 Å². The molecule has 10 nitrogen and oxygen atoms in total. The fraction of sp³-hybridized carbons (Fsp3) is 0. The average molecular weight is 917 g/mol. The van der Waals surface area contributed by atoms with Crippen LogP contribution in [0.3, 0.4) is 0 Å². The van der Waals surface area contributed by atoms with Gasteiger partial charge in [-0.15, -0.1) is 0 Å². The number of phenols is 2. The van der Waals surface area contributed by atoms with Gasteiger partial charge in [0.25, 0.3) is 11.8 Å². The second kappa shape index (κ2) is 18.8. The van der Waals surface area contributed by atoms with Crippen LogP contribution in [0.15, 0.2) is 101 Å². The van der Waals surface area contributed by atoms with Gasteiger partial charge >= 0.3 is 17.1 Å². The summed E-state index contributed by atoms with van der Waals surface area (Å²) in [5, 5.41) is 50.1. The van der Waals surface area contributed by atoms with E-state index in [1.807, 2.05) is 0 Å². The summed E-state index contributed by atoms with van der Waals surface area (Å²) in [7, 11) is 0. The maximum absolute atomic E-state index is 11.8. The van der Waals surface area contributed by atoms with Crippen molar-refractivity contribution in [2.75, 3.05) is 0 Å². The number of hydrazone groups is 2. The van der Waals surface area contributed by atoms with Gasteiger partial charge in [-0.1, -0.05) is 99.5 Å². The molecule has 4 rings (SSSR count). The molecule has 16 heteroatoms. The molecule has 0 atom stereocenters. The van der Waals surface area contributed by atoms with Crippen LogP contribution in [0.2, 0.25) is 0 Å². The predicted molar refractivity (Wildman–Crippen MR) is 169 cm³/mol. The number of benzene rings is 4. The van der Waals surface area contributed by atoms with Gasteiger partial charge in [0.05, 0.1) is 23.6 Å². The van der Waals surface area contributed by atoms with Crippen LogP contribution in [0, 0.1) is 0 Å². The van der Waals surface area contributed by atoms with Crippen LogP contribution in [0.5, 0.6) is 23.0 Å². The Morgan fingerprint density at radius 2 is 1.00 bits per heavy atom. The molecule has 0 aromatic heterocycles. The maximum Gasteiger partial charge on any atom is 3.00 e. The Hall–Kier alpha value is -2.91. The Morgan fingerprint density at radius 3 is 1.34 bits per heavy atom. The van der Waals surface area contributed by atoms with E-state index >= 15 is 0 Å². The molecule has 4 N–H and O–H groups in total. The van der Waals surface area contributed by atoms with Crippen molar-refractivity contribution in [1.29, 1.82) is 0 Å². The first kappa shape index (κ1) is 39.1. The van der Waals surface area contributed by atoms with Crippen molar-refractivity contribution in [1.82, 2.24) is 10.9 Å². The molecule has 0 bridgehead atoms. The molecule has 44 heavy (non-hydrogen) atoms. The van der Waals surface area contributed by atoms with Gasteiger partial charge in [0.15, 0.2) is 0 Å². The van der Waals surface area contributed by atoms with Gasteiger partial charge in [-0.25, -0.2) is 10.9 Å². The van der Waals surface area contributed by atoms with Crippen molar-refractivity contribution >= 4 is 88.0 Å². The van der Waals surface area contributed by atoms with Crippen LogP contribution in [0.25, 0.3) is 0 Å². The number of para-hydroxylation sites is 2. The van der Waals surface area contributed by atoms with E-state index < -0.39 is 11.8 Å². The van der Waals surface area contributed by atoms with E-state index in [-0.39, 0.29) is 63.6 Å². The summed E-state index contributed by atoms with van der Waals surface area (Å²) < 4.78 is 2.21. The monoisotopic (exact) mass is 913 g/mol. The molecule has 0 aliphatic carbocycles. The smallest absolute Gasteiger partial charge is 1.00 e. The average Bonchev–Trinajstić information content (AvgIpc) is 2.94. The van der Waals surface area contributed by atoms with Crippen LogP contribution in [-0.2, 0) is 17.1 Å². The first-order chi connectivity index (χ1) is 20.0. The molecule has 0 unspecified atom stereocenters. The van der Waals surface area contributed by atoms with Gasteiger partial charge in [0, 0.05) is 17.9 Å². The summed E-state index contributed by atoms with van der Waals surface area (Å²) >= 11 is 12.8. The summed E-state index contributed by atoms with van der Waals surface area (Å²) in [6.07, 6.45) is 2.49. The van der Waals surface area contributed by atoms with Crippen molar-refractivity contribution < 1.29 is 59.5 Å². The number of carbonyl (C=O) groups is 2. The van der Waals surface area contributed by atoms with Crippen LogP contribution < -0.4 is 33.5 Å². The standard InChI is InChI=1S/2C14H10Br2N2O3.ClH.Fe/c2*15-9-5-8(13(20)11(16)6-9)7-17-18-14(21)10-3-1-2-4-12(10)19;;/h2*1-7,19-20H,(H,18,21);1H;/q;;;+3/p-3/b17-7+;17-7-;;. The molecule has 0 saturated heterocycles. The van der Waals surface area contributed by atoms with Gasteiger partial charge < -0.3 is 32.8 Å². The second-order valence-electron chi connectivity index (χ2n) is 8.04. The van der Waals surface area contributed by atoms with Crippen LogP contribution in [-0.4, -0.2) is 34.5 Å². The van der Waals surface area contributed by atoms with E-state index in [2.05, 4.69) is 84.8 Å². The molecular formula is C28H18Br4ClFeN4O6. The molecule has 0 aliphatic heterocycles. The van der Waals surface area contributed by atoms with Gasteiger partial charge in [-0.2, -0.15) is 10.2 Å². The topological polar surface area (TPSA) is 169 Å². The minimum absolute atomic E-state index is 0. The summed E-state index contributed by atoms with van der Waals surface area (Å²) in [5.74, 6) is -1.88. The summed E-state index contributed by atoms with van der Waals surface area (Å²) in [6, 6.07) is 18.6. The van der Waals surface area contributed by atoms with Gasteiger partial charge in [-0.3, -0.25) is 9.59 Å². The quantitative estimate of drug-likeness (QED) is 0.132. The zero-order chi connectivity index (χ0) is 30.8. The number of nitrogens with zero attached hydrogens (tertiary/aromatic N) is 2. The SMILES string of the molecule is O=C(N/N=C/c1cc(Br)cc(Br)c1[O-])c1ccccc1O.O=C(N/N=C\c1cc(Br)cc(Br)c1[O-])c1ccccc1O.[Cl-].[Fe+3]. The summed E-state index contributed by atoms with van der Waals surface area (Å²) in [5.41, 5.74) is 5.35. The molecule has 0 spiro atoms. The number of phenolic OH excluding ortho intramolecular Hbond substituents is 2. The summed E-state index contributed by atoms with van der Waals surface area (Å²) in [4.78, 5) is 23.6. The molecule has 229 valence electrons.